The minimum Gasteiger partial charge on any atom is -0.493 e. The van der Waals surface area contributed by atoms with Crippen LogP contribution in [0.15, 0.2) is 42.5 Å². The van der Waals surface area contributed by atoms with Crippen molar-refractivity contribution in [3.8, 4) is 11.5 Å². The van der Waals surface area contributed by atoms with Crippen LogP contribution in [0.4, 0.5) is 0 Å². The predicted molar refractivity (Wildman–Crippen MR) is 89.9 cm³/mol. The molecule has 23 heavy (non-hydrogen) atoms. The zero-order chi connectivity index (χ0) is 16.2. The molecule has 1 aliphatic carbocycles. The number of nitrogens with one attached hydrogen (secondary N) is 1. The quantitative estimate of drug-likeness (QED) is 0.861. The molecule has 3 rings (SSSR count). The third-order valence-corrected chi connectivity index (χ3v) is 4.26. The lowest BCUT2D eigenvalue weighted by Gasteiger charge is -2.18. The molecule has 2 N–H and O–H groups in total. The highest BCUT2D eigenvalue weighted by molar-refractivity contribution is 5.43. The van der Waals surface area contributed by atoms with Crippen molar-refractivity contribution in [2.45, 2.75) is 32.0 Å². The second-order valence-electron chi connectivity index (χ2n) is 5.75. The molecule has 2 aromatic rings. The first-order valence-corrected chi connectivity index (χ1v) is 8.02. The summed E-state index contributed by atoms with van der Waals surface area (Å²) in [6.07, 6.45) is 0.331. The molecule has 0 aromatic heterocycles. The highest BCUT2D eigenvalue weighted by atomic mass is 16.5. The minimum absolute atomic E-state index is 0.0242. The number of aliphatic hydroxyl groups excluding tert-OH is 1. The van der Waals surface area contributed by atoms with E-state index in [1.807, 2.05) is 37.3 Å². The number of hydrogen-bond donors (Lipinski definition) is 2. The molecule has 0 saturated heterocycles. The van der Waals surface area contributed by atoms with E-state index in [0.717, 1.165) is 17.1 Å². The van der Waals surface area contributed by atoms with Crippen molar-refractivity contribution < 1.29 is 14.6 Å². The predicted octanol–water partition coefficient (Wildman–Crippen LogP) is 2.84. The monoisotopic (exact) mass is 313 g/mol. The number of hydrogen-bond acceptors (Lipinski definition) is 4. The van der Waals surface area contributed by atoms with Gasteiger partial charge in [0.25, 0.3) is 0 Å². The van der Waals surface area contributed by atoms with Crippen molar-refractivity contribution in [1.82, 2.24) is 5.32 Å². The Bertz CT molecular complexity index is 671. The van der Waals surface area contributed by atoms with E-state index in [1.54, 1.807) is 7.11 Å². The third kappa shape index (κ3) is 3.33. The largest absolute Gasteiger partial charge is 0.493 e. The lowest BCUT2D eigenvalue weighted by atomic mass is 10.1. The molecule has 0 saturated carbocycles. The van der Waals surface area contributed by atoms with Gasteiger partial charge in [0.1, 0.15) is 0 Å². The maximum atomic E-state index is 10.3. The maximum Gasteiger partial charge on any atom is 0.161 e. The van der Waals surface area contributed by atoms with Gasteiger partial charge in [-0.3, -0.25) is 0 Å². The lowest BCUT2D eigenvalue weighted by molar-refractivity contribution is 0.140. The van der Waals surface area contributed by atoms with E-state index in [-0.39, 0.29) is 12.1 Å². The van der Waals surface area contributed by atoms with Crippen LogP contribution in [0, 0.1) is 0 Å². The SMILES string of the molecule is CCOc1cc(CN[C@H]2c3ccccc3C[C@H]2O)ccc1OC. The number of benzene rings is 2. The molecule has 2 aromatic carbocycles. The van der Waals surface area contributed by atoms with Crippen LogP contribution < -0.4 is 14.8 Å². The Kier molecular flexibility index (Phi) is 4.84. The van der Waals surface area contributed by atoms with E-state index in [9.17, 15) is 5.11 Å². The summed E-state index contributed by atoms with van der Waals surface area (Å²) in [6, 6.07) is 14.1. The van der Waals surface area contributed by atoms with Crippen LogP contribution in [-0.4, -0.2) is 24.9 Å². The lowest BCUT2D eigenvalue weighted by Crippen LogP contribution is -2.28. The zero-order valence-electron chi connectivity index (χ0n) is 13.6. The van der Waals surface area contributed by atoms with Gasteiger partial charge in [-0.15, -0.1) is 0 Å². The van der Waals surface area contributed by atoms with Crippen molar-refractivity contribution in [1.29, 1.82) is 0 Å². The molecule has 0 fully saturated rings. The highest BCUT2D eigenvalue weighted by Crippen LogP contribution is 2.32. The fourth-order valence-corrected chi connectivity index (χ4v) is 3.15. The van der Waals surface area contributed by atoms with E-state index in [1.165, 1.54) is 11.1 Å². The molecule has 0 spiro atoms. The Morgan fingerprint density at radius 2 is 2.00 bits per heavy atom. The van der Waals surface area contributed by atoms with Crippen molar-refractivity contribution in [2.75, 3.05) is 13.7 Å². The van der Waals surface area contributed by atoms with Gasteiger partial charge in [0, 0.05) is 13.0 Å². The van der Waals surface area contributed by atoms with Gasteiger partial charge in [0.2, 0.25) is 0 Å². The molecule has 122 valence electrons. The fraction of sp³-hybridized carbons (Fsp3) is 0.368. The van der Waals surface area contributed by atoms with Crippen molar-refractivity contribution in [3.05, 3.63) is 59.2 Å². The molecular formula is C19H23NO3. The summed E-state index contributed by atoms with van der Waals surface area (Å²) in [5, 5.41) is 13.8. The first-order valence-electron chi connectivity index (χ1n) is 8.02. The fourth-order valence-electron chi connectivity index (χ4n) is 3.15. The van der Waals surface area contributed by atoms with Gasteiger partial charge >= 0.3 is 0 Å². The van der Waals surface area contributed by atoms with Gasteiger partial charge in [0.05, 0.1) is 25.9 Å². The summed E-state index contributed by atoms with van der Waals surface area (Å²) in [5.74, 6) is 1.49. The molecule has 0 amide bonds. The van der Waals surface area contributed by atoms with Gasteiger partial charge < -0.3 is 19.9 Å². The highest BCUT2D eigenvalue weighted by Gasteiger charge is 2.30. The third-order valence-electron chi connectivity index (χ3n) is 4.26. The van der Waals surface area contributed by atoms with Crippen LogP contribution in [0.3, 0.4) is 0 Å². The molecule has 4 nitrogen and oxygen atoms in total. The Morgan fingerprint density at radius 3 is 2.78 bits per heavy atom. The molecule has 0 bridgehead atoms. The molecule has 0 unspecified atom stereocenters. The van der Waals surface area contributed by atoms with Gasteiger partial charge in [-0.05, 0) is 35.7 Å². The molecule has 0 aliphatic heterocycles. The maximum absolute atomic E-state index is 10.3. The Hall–Kier alpha value is -2.04. The van der Waals surface area contributed by atoms with Gasteiger partial charge in [-0.25, -0.2) is 0 Å². The standard InChI is InChI=1S/C19H23NO3/c1-3-23-18-10-13(8-9-17(18)22-2)12-20-19-15-7-5-4-6-14(15)11-16(19)21/h4-10,16,19-21H,3,11-12H2,1-2H3/t16-,19+/m1/s1. The summed E-state index contributed by atoms with van der Waals surface area (Å²) < 4.78 is 10.9. The molecular weight excluding hydrogens is 290 g/mol. The molecule has 0 heterocycles. The van der Waals surface area contributed by atoms with Crippen LogP contribution in [0.25, 0.3) is 0 Å². The first-order chi connectivity index (χ1) is 11.2. The number of aliphatic hydroxyl groups is 1. The summed E-state index contributed by atoms with van der Waals surface area (Å²) in [7, 11) is 1.64. The number of ether oxygens (including phenoxy) is 2. The second-order valence-corrected chi connectivity index (χ2v) is 5.75. The number of rotatable bonds is 6. The summed E-state index contributed by atoms with van der Waals surface area (Å²) in [4.78, 5) is 0. The van der Waals surface area contributed by atoms with Crippen molar-refractivity contribution in [2.24, 2.45) is 0 Å². The minimum atomic E-state index is -0.378. The van der Waals surface area contributed by atoms with E-state index >= 15 is 0 Å². The van der Waals surface area contributed by atoms with Crippen LogP contribution >= 0.6 is 0 Å². The first kappa shape index (κ1) is 15.8. The molecule has 0 radical (unpaired) electrons. The average Bonchev–Trinajstić information content (AvgIpc) is 2.89. The summed E-state index contributed by atoms with van der Waals surface area (Å²) in [5.41, 5.74) is 3.52. The van der Waals surface area contributed by atoms with Crippen LogP contribution in [0.5, 0.6) is 11.5 Å². The van der Waals surface area contributed by atoms with E-state index < -0.39 is 0 Å². The van der Waals surface area contributed by atoms with Gasteiger partial charge in [-0.2, -0.15) is 0 Å². The molecule has 1 aliphatic rings. The molecule has 2 atom stereocenters. The van der Waals surface area contributed by atoms with E-state index in [4.69, 9.17) is 9.47 Å². The van der Waals surface area contributed by atoms with E-state index in [2.05, 4.69) is 17.4 Å². The van der Waals surface area contributed by atoms with Crippen LogP contribution in [0.2, 0.25) is 0 Å². The average molecular weight is 313 g/mol. The number of fused-ring (bicyclic) bond motifs is 1. The zero-order valence-corrected chi connectivity index (χ0v) is 13.6. The summed E-state index contributed by atoms with van der Waals surface area (Å²) in [6.45, 7) is 3.22. The van der Waals surface area contributed by atoms with Gasteiger partial charge in [0.15, 0.2) is 11.5 Å². The van der Waals surface area contributed by atoms with Crippen LogP contribution in [0.1, 0.15) is 29.7 Å². The normalized spacial score (nSPS) is 19.4. The smallest absolute Gasteiger partial charge is 0.161 e. The number of methoxy groups -OCH3 is 1. The Morgan fingerprint density at radius 1 is 1.17 bits per heavy atom. The Labute approximate surface area is 137 Å². The van der Waals surface area contributed by atoms with Crippen molar-refractivity contribution in [3.63, 3.8) is 0 Å². The Balaban J connectivity index is 1.72. The van der Waals surface area contributed by atoms with Crippen molar-refractivity contribution >= 4 is 0 Å². The van der Waals surface area contributed by atoms with Crippen LogP contribution in [-0.2, 0) is 13.0 Å². The summed E-state index contributed by atoms with van der Waals surface area (Å²) >= 11 is 0. The van der Waals surface area contributed by atoms with E-state index in [0.29, 0.717) is 19.6 Å². The van der Waals surface area contributed by atoms with Gasteiger partial charge in [-0.1, -0.05) is 30.3 Å². The topological polar surface area (TPSA) is 50.7 Å². The second kappa shape index (κ2) is 7.02. The molecule has 4 heteroatoms.